The molecule has 4 heterocycles. The number of likely N-dealkylation sites (N-methyl/N-ethyl adjacent to an activating group) is 1. The summed E-state index contributed by atoms with van der Waals surface area (Å²) < 4.78 is 5.69. The maximum Gasteiger partial charge on any atom is 0.247 e. The molecule has 55 heavy (non-hydrogen) atoms. The van der Waals surface area contributed by atoms with Gasteiger partial charge in [0, 0.05) is 61.6 Å². The fourth-order valence-electron chi connectivity index (χ4n) is 7.78. The average molecular weight is 779 g/mol. The fraction of sp³-hybridized carbons (Fsp3) is 0.575. The Hall–Kier alpha value is -4.24. The Kier molecular flexibility index (Phi) is 13.8. The van der Waals surface area contributed by atoms with Crippen molar-refractivity contribution in [3.05, 3.63) is 42.7 Å². The van der Waals surface area contributed by atoms with Crippen molar-refractivity contribution in [3.8, 4) is 5.75 Å². The summed E-state index contributed by atoms with van der Waals surface area (Å²) in [6.07, 6.45) is 5.19. The molecule has 2 aromatic carbocycles. The number of nitrogens with zero attached hydrogens (tertiary/aromatic N) is 6. The van der Waals surface area contributed by atoms with Crippen LogP contribution in [-0.4, -0.2) is 134 Å². The van der Waals surface area contributed by atoms with Crippen LogP contribution in [0.15, 0.2) is 42.7 Å². The summed E-state index contributed by atoms with van der Waals surface area (Å²) in [7, 11) is 5.45. The highest BCUT2D eigenvalue weighted by Gasteiger charge is 2.42. The maximum absolute atomic E-state index is 14.0. The highest BCUT2D eigenvalue weighted by molar-refractivity contribution is 6.03. The first-order chi connectivity index (χ1) is 25.9. The molecule has 3 aromatic rings. The zero-order valence-corrected chi connectivity index (χ0v) is 34.2. The number of rotatable bonds is 11. The number of carbonyl (C=O) groups is 3. The molecule has 15 heteroatoms. The number of anilines is 4. The van der Waals surface area contributed by atoms with Gasteiger partial charge in [0.1, 0.15) is 30.0 Å². The van der Waals surface area contributed by atoms with E-state index >= 15 is 0 Å². The zero-order chi connectivity index (χ0) is 38.6. The number of hydrogen-bond donors (Lipinski definition) is 4. The molecule has 6 rings (SSSR count). The minimum Gasteiger partial charge on any atom is -0.494 e. The molecule has 300 valence electrons. The lowest BCUT2D eigenvalue weighted by atomic mass is 9.85. The van der Waals surface area contributed by atoms with E-state index in [2.05, 4.69) is 77.2 Å². The third-order valence-corrected chi connectivity index (χ3v) is 11.3. The monoisotopic (exact) mass is 778 g/mol. The van der Waals surface area contributed by atoms with E-state index in [-0.39, 0.29) is 30.1 Å². The van der Waals surface area contributed by atoms with E-state index in [1.165, 1.54) is 37.9 Å². The molecule has 0 radical (unpaired) electrons. The Morgan fingerprint density at radius 1 is 0.927 bits per heavy atom. The van der Waals surface area contributed by atoms with Crippen molar-refractivity contribution in [2.24, 2.45) is 5.41 Å². The molecular weight excluding hydrogens is 720 g/mol. The van der Waals surface area contributed by atoms with Crippen LogP contribution in [0.25, 0.3) is 10.9 Å². The maximum atomic E-state index is 14.0. The third kappa shape index (κ3) is 9.77. The predicted molar refractivity (Wildman–Crippen MR) is 221 cm³/mol. The van der Waals surface area contributed by atoms with Gasteiger partial charge in [0.05, 0.1) is 24.4 Å². The summed E-state index contributed by atoms with van der Waals surface area (Å²) in [6, 6.07) is 10.7. The number of halogens is 1. The van der Waals surface area contributed by atoms with Crippen LogP contribution >= 0.6 is 12.4 Å². The molecule has 3 atom stereocenters. The summed E-state index contributed by atoms with van der Waals surface area (Å²) in [5, 5.41) is 13.0. The van der Waals surface area contributed by atoms with Gasteiger partial charge >= 0.3 is 0 Å². The van der Waals surface area contributed by atoms with Crippen LogP contribution < -0.4 is 30.9 Å². The number of hydrogen-bond acceptors (Lipinski definition) is 11. The van der Waals surface area contributed by atoms with E-state index < -0.39 is 23.5 Å². The van der Waals surface area contributed by atoms with Crippen LogP contribution in [0.5, 0.6) is 5.75 Å². The number of piperazine rings is 1. The van der Waals surface area contributed by atoms with Crippen molar-refractivity contribution in [3.63, 3.8) is 0 Å². The number of fused-ring (bicyclic) bond motifs is 1. The van der Waals surface area contributed by atoms with Gasteiger partial charge < -0.3 is 40.7 Å². The average Bonchev–Trinajstić information content (AvgIpc) is 3.67. The molecule has 0 bridgehead atoms. The molecule has 3 aliphatic rings. The Morgan fingerprint density at radius 3 is 2.25 bits per heavy atom. The summed E-state index contributed by atoms with van der Waals surface area (Å²) >= 11 is 0. The second-order valence-electron chi connectivity index (χ2n) is 16.0. The summed E-state index contributed by atoms with van der Waals surface area (Å²) in [6.45, 7) is 14.5. The Morgan fingerprint density at radius 2 is 1.62 bits per heavy atom. The topological polar surface area (TPSA) is 147 Å². The van der Waals surface area contributed by atoms with Crippen molar-refractivity contribution in [1.29, 1.82) is 0 Å². The molecule has 4 N–H and O–H groups in total. The van der Waals surface area contributed by atoms with Crippen LogP contribution in [0.4, 0.5) is 22.9 Å². The minimum atomic E-state index is -0.802. The lowest BCUT2D eigenvalue weighted by Crippen LogP contribution is -2.59. The standard InChI is InChI=1S/C40H58N10O4.ClH/c1-26(41-5)37(51)46-35(40(2,3)4)39(53)50-16-8-9-33(50)38(52)45-32-23-30-31(24-34(32)54-7)42-25-43-36(30)44-27-10-12-28(13-11-27)48-19-21-49(22-20-48)29-14-17-47(6)18-15-29;/h10-13,23-26,29,33,35,41H,8-9,14-22H2,1-7H3,(H,45,52)(H,46,51)(H,42,43,44);1H/t26-,33-,35+;/m0./s1. The number of piperidine rings is 1. The lowest BCUT2D eigenvalue weighted by Gasteiger charge is -2.42. The van der Waals surface area contributed by atoms with Crippen molar-refractivity contribution < 1.29 is 19.1 Å². The van der Waals surface area contributed by atoms with E-state index in [0.29, 0.717) is 53.6 Å². The molecule has 0 spiro atoms. The highest BCUT2D eigenvalue weighted by Crippen LogP contribution is 2.35. The third-order valence-electron chi connectivity index (χ3n) is 11.3. The van der Waals surface area contributed by atoms with Gasteiger partial charge in [-0.3, -0.25) is 19.3 Å². The lowest BCUT2D eigenvalue weighted by molar-refractivity contribution is -0.143. The van der Waals surface area contributed by atoms with Crippen molar-refractivity contribution in [2.75, 3.05) is 82.6 Å². The molecular formula is C40H59ClN10O4. The molecule has 3 saturated heterocycles. The van der Waals surface area contributed by atoms with Crippen molar-refractivity contribution >= 4 is 63.9 Å². The van der Waals surface area contributed by atoms with Gasteiger partial charge in [-0.2, -0.15) is 0 Å². The first kappa shape index (κ1) is 41.9. The van der Waals surface area contributed by atoms with Gasteiger partial charge in [-0.1, -0.05) is 20.8 Å². The first-order valence-corrected chi connectivity index (χ1v) is 19.3. The van der Waals surface area contributed by atoms with Crippen LogP contribution in [0.3, 0.4) is 0 Å². The first-order valence-electron chi connectivity index (χ1n) is 19.3. The molecule has 1 aromatic heterocycles. The molecule has 3 amide bonds. The van der Waals surface area contributed by atoms with Crippen molar-refractivity contribution in [2.45, 2.75) is 77.5 Å². The van der Waals surface area contributed by atoms with E-state index in [1.807, 2.05) is 26.8 Å². The van der Waals surface area contributed by atoms with Gasteiger partial charge in [0.25, 0.3) is 0 Å². The number of amides is 3. The van der Waals surface area contributed by atoms with Crippen LogP contribution in [0.1, 0.15) is 53.4 Å². The largest absolute Gasteiger partial charge is 0.494 e. The van der Waals surface area contributed by atoms with Crippen LogP contribution in [-0.2, 0) is 14.4 Å². The van der Waals surface area contributed by atoms with E-state index in [9.17, 15) is 14.4 Å². The van der Waals surface area contributed by atoms with Crippen molar-refractivity contribution in [1.82, 2.24) is 35.3 Å². The molecule has 14 nitrogen and oxygen atoms in total. The quantitative estimate of drug-likeness (QED) is 0.223. The highest BCUT2D eigenvalue weighted by atomic mass is 35.5. The Bertz CT molecular complexity index is 1790. The van der Waals surface area contributed by atoms with Gasteiger partial charge in [-0.25, -0.2) is 9.97 Å². The summed E-state index contributed by atoms with van der Waals surface area (Å²) in [4.78, 5) is 58.9. The number of ether oxygens (including phenoxy) is 1. The predicted octanol–water partition coefficient (Wildman–Crippen LogP) is 4.09. The van der Waals surface area contributed by atoms with Crippen LogP contribution in [0, 0.1) is 5.41 Å². The smallest absolute Gasteiger partial charge is 0.247 e. The van der Waals surface area contributed by atoms with Gasteiger partial charge in [0.15, 0.2) is 0 Å². The number of methoxy groups -OCH3 is 1. The van der Waals surface area contributed by atoms with E-state index in [0.717, 1.165) is 31.9 Å². The second kappa shape index (κ2) is 18.1. The van der Waals surface area contributed by atoms with E-state index in [4.69, 9.17) is 4.74 Å². The number of nitrogens with one attached hydrogen (secondary N) is 4. The Balaban J connectivity index is 0.00000580. The second-order valence-corrected chi connectivity index (χ2v) is 16.0. The summed E-state index contributed by atoms with van der Waals surface area (Å²) in [5.74, 6) is 0.164. The number of carbonyl (C=O) groups excluding carboxylic acids is 3. The minimum absolute atomic E-state index is 0. The fourth-order valence-corrected chi connectivity index (χ4v) is 7.78. The van der Waals surface area contributed by atoms with E-state index in [1.54, 1.807) is 32.0 Å². The Labute approximate surface area is 331 Å². The van der Waals surface area contributed by atoms with Gasteiger partial charge in [-0.05, 0) is 95.5 Å². The number of likely N-dealkylation sites (tertiary alicyclic amines) is 2. The molecule has 0 unspecified atom stereocenters. The molecule has 3 fully saturated rings. The number of benzene rings is 2. The molecule has 0 aliphatic carbocycles. The number of aromatic nitrogens is 2. The zero-order valence-electron chi connectivity index (χ0n) is 33.4. The summed E-state index contributed by atoms with van der Waals surface area (Å²) in [5.41, 5.74) is 2.62. The normalized spacial score (nSPS) is 19.7. The van der Waals surface area contributed by atoms with Crippen LogP contribution in [0.2, 0.25) is 0 Å². The van der Waals surface area contributed by atoms with Gasteiger partial charge in [-0.15, -0.1) is 12.4 Å². The molecule has 0 saturated carbocycles. The molecule has 3 aliphatic heterocycles. The SMILES string of the molecule is CN[C@@H](C)C(=O)N[C@H](C(=O)N1CCC[C@H]1C(=O)Nc1cc2c(Nc3ccc(N4CCN(C5CCN(C)CC5)CC4)cc3)ncnc2cc1OC)C(C)(C)C.Cl. The van der Waals surface area contributed by atoms with Gasteiger partial charge in [0.2, 0.25) is 17.7 Å².